The van der Waals surface area contributed by atoms with Crippen molar-refractivity contribution in [2.75, 3.05) is 13.1 Å². The SMILES string of the molecule is CC(C)C1CN=C(NCC2(C)CCCCC2)S1. The highest BCUT2D eigenvalue weighted by Gasteiger charge is 2.28. The maximum Gasteiger partial charge on any atom is 0.156 e. The third-order valence-corrected chi connectivity index (χ3v) is 5.64. The van der Waals surface area contributed by atoms with Crippen LogP contribution in [0.4, 0.5) is 0 Å². The molecule has 1 saturated carbocycles. The Hall–Kier alpha value is -0.180. The lowest BCUT2D eigenvalue weighted by molar-refractivity contribution is 0.218. The van der Waals surface area contributed by atoms with E-state index in [1.54, 1.807) is 0 Å². The van der Waals surface area contributed by atoms with Crippen molar-refractivity contribution in [3.63, 3.8) is 0 Å². The number of amidine groups is 1. The molecule has 1 unspecified atom stereocenters. The molecule has 0 spiro atoms. The van der Waals surface area contributed by atoms with Crippen molar-refractivity contribution in [1.29, 1.82) is 0 Å². The van der Waals surface area contributed by atoms with Gasteiger partial charge in [-0.05, 0) is 24.2 Å². The molecule has 0 aromatic heterocycles. The summed E-state index contributed by atoms with van der Waals surface area (Å²) in [4.78, 5) is 4.62. The maximum absolute atomic E-state index is 4.62. The molecule has 1 N–H and O–H groups in total. The smallest absolute Gasteiger partial charge is 0.156 e. The minimum atomic E-state index is 0.511. The van der Waals surface area contributed by atoms with Gasteiger partial charge < -0.3 is 5.32 Å². The molecule has 2 rings (SSSR count). The van der Waals surface area contributed by atoms with Crippen molar-refractivity contribution >= 4 is 16.9 Å². The zero-order valence-corrected chi connectivity index (χ0v) is 12.3. The summed E-state index contributed by atoms with van der Waals surface area (Å²) in [6, 6.07) is 0. The van der Waals surface area contributed by atoms with Crippen molar-refractivity contribution in [1.82, 2.24) is 5.32 Å². The van der Waals surface area contributed by atoms with Crippen molar-refractivity contribution < 1.29 is 0 Å². The second-order valence-electron chi connectivity index (χ2n) is 6.27. The monoisotopic (exact) mass is 254 g/mol. The molecule has 3 heteroatoms. The van der Waals surface area contributed by atoms with E-state index in [0.29, 0.717) is 10.7 Å². The molecule has 0 aromatic carbocycles. The molecule has 1 aliphatic carbocycles. The number of aliphatic imine (C=N–C) groups is 1. The van der Waals surface area contributed by atoms with Crippen LogP contribution in [0.25, 0.3) is 0 Å². The summed E-state index contributed by atoms with van der Waals surface area (Å²) >= 11 is 1.94. The van der Waals surface area contributed by atoms with E-state index in [-0.39, 0.29) is 0 Å². The lowest BCUT2D eigenvalue weighted by Crippen LogP contribution is -2.35. The second kappa shape index (κ2) is 5.64. The van der Waals surface area contributed by atoms with Crippen molar-refractivity contribution in [2.45, 2.75) is 58.1 Å². The molecule has 17 heavy (non-hydrogen) atoms. The molecule has 0 radical (unpaired) electrons. The number of hydrogen-bond donors (Lipinski definition) is 1. The van der Waals surface area contributed by atoms with Crippen LogP contribution in [0.1, 0.15) is 52.9 Å². The average molecular weight is 254 g/mol. The number of rotatable bonds is 3. The first-order valence-electron chi connectivity index (χ1n) is 7.04. The molecule has 0 aromatic rings. The van der Waals surface area contributed by atoms with Gasteiger partial charge in [0.2, 0.25) is 0 Å². The standard InChI is InChI=1S/C14H26N2S/c1-11(2)12-9-15-13(17-12)16-10-14(3)7-5-4-6-8-14/h11-12H,4-10H2,1-3H3,(H,15,16). The Morgan fingerprint density at radius 1 is 1.35 bits per heavy atom. The Labute approximate surface area is 110 Å². The molecule has 0 bridgehead atoms. The lowest BCUT2D eigenvalue weighted by atomic mass is 9.76. The van der Waals surface area contributed by atoms with E-state index < -0.39 is 0 Å². The van der Waals surface area contributed by atoms with Gasteiger partial charge in [0.15, 0.2) is 5.17 Å². The van der Waals surface area contributed by atoms with Crippen LogP contribution < -0.4 is 5.32 Å². The highest BCUT2D eigenvalue weighted by atomic mass is 32.2. The van der Waals surface area contributed by atoms with Gasteiger partial charge in [-0.25, -0.2) is 0 Å². The summed E-state index contributed by atoms with van der Waals surface area (Å²) in [7, 11) is 0. The van der Waals surface area contributed by atoms with E-state index in [1.807, 2.05) is 11.8 Å². The molecule has 1 fully saturated rings. The molecular weight excluding hydrogens is 228 g/mol. The molecule has 1 heterocycles. The molecule has 1 aliphatic heterocycles. The van der Waals surface area contributed by atoms with E-state index in [4.69, 9.17) is 0 Å². The van der Waals surface area contributed by atoms with E-state index >= 15 is 0 Å². The van der Waals surface area contributed by atoms with Gasteiger partial charge in [-0.2, -0.15) is 0 Å². The number of nitrogens with one attached hydrogen (secondary N) is 1. The number of thioether (sulfide) groups is 1. The van der Waals surface area contributed by atoms with Gasteiger partial charge >= 0.3 is 0 Å². The Balaban J connectivity index is 1.75. The Kier molecular flexibility index (Phi) is 4.40. The number of nitrogens with zero attached hydrogens (tertiary/aromatic N) is 1. The van der Waals surface area contributed by atoms with E-state index in [2.05, 4.69) is 31.1 Å². The zero-order chi connectivity index (χ0) is 12.3. The maximum atomic E-state index is 4.62. The molecule has 2 nitrogen and oxygen atoms in total. The highest BCUT2D eigenvalue weighted by Crippen LogP contribution is 2.35. The first kappa shape index (κ1) is 13.3. The molecule has 0 amide bonds. The van der Waals surface area contributed by atoms with E-state index in [0.717, 1.165) is 19.0 Å². The van der Waals surface area contributed by atoms with Crippen LogP contribution in [0, 0.1) is 11.3 Å². The van der Waals surface area contributed by atoms with Crippen LogP contribution in [0.5, 0.6) is 0 Å². The van der Waals surface area contributed by atoms with Gasteiger partial charge in [0.05, 0.1) is 6.54 Å². The quantitative estimate of drug-likeness (QED) is 0.831. The normalized spacial score (nSPS) is 28.2. The summed E-state index contributed by atoms with van der Waals surface area (Å²) in [6.45, 7) is 9.13. The third-order valence-electron chi connectivity index (χ3n) is 4.15. The largest absolute Gasteiger partial charge is 0.364 e. The molecular formula is C14H26N2S. The van der Waals surface area contributed by atoms with Crippen LogP contribution in [0.2, 0.25) is 0 Å². The molecule has 2 aliphatic rings. The summed E-state index contributed by atoms with van der Waals surface area (Å²) in [6.07, 6.45) is 7.01. The Morgan fingerprint density at radius 2 is 2.06 bits per heavy atom. The minimum absolute atomic E-state index is 0.511. The number of hydrogen-bond acceptors (Lipinski definition) is 3. The molecule has 1 atom stereocenters. The summed E-state index contributed by atoms with van der Waals surface area (Å²) < 4.78 is 0. The molecule has 0 saturated heterocycles. The average Bonchev–Trinajstić information content (AvgIpc) is 2.76. The van der Waals surface area contributed by atoms with Gasteiger partial charge in [-0.1, -0.05) is 51.8 Å². The van der Waals surface area contributed by atoms with Crippen LogP contribution in [0.3, 0.4) is 0 Å². The Bertz CT molecular complexity index is 280. The highest BCUT2D eigenvalue weighted by molar-refractivity contribution is 8.14. The fourth-order valence-electron chi connectivity index (χ4n) is 2.71. The van der Waals surface area contributed by atoms with E-state index in [1.165, 1.54) is 37.3 Å². The van der Waals surface area contributed by atoms with Gasteiger partial charge in [-0.15, -0.1) is 0 Å². The second-order valence-corrected chi connectivity index (χ2v) is 7.50. The predicted molar refractivity (Wildman–Crippen MR) is 77.7 cm³/mol. The van der Waals surface area contributed by atoms with Crippen molar-refractivity contribution in [3.8, 4) is 0 Å². The topological polar surface area (TPSA) is 24.4 Å². The van der Waals surface area contributed by atoms with Crippen LogP contribution in [0.15, 0.2) is 4.99 Å². The van der Waals surface area contributed by atoms with Crippen molar-refractivity contribution in [3.05, 3.63) is 0 Å². The molecule has 98 valence electrons. The predicted octanol–water partition coefficient (Wildman–Crippen LogP) is 3.67. The van der Waals surface area contributed by atoms with Crippen LogP contribution in [-0.2, 0) is 0 Å². The summed E-state index contributed by atoms with van der Waals surface area (Å²) in [5.41, 5.74) is 0.511. The van der Waals surface area contributed by atoms with Gasteiger partial charge in [-0.3, -0.25) is 4.99 Å². The lowest BCUT2D eigenvalue weighted by Gasteiger charge is -2.33. The minimum Gasteiger partial charge on any atom is -0.364 e. The van der Waals surface area contributed by atoms with Crippen LogP contribution in [-0.4, -0.2) is 23.5 Å². The van der Waals surface area contributed by atoms with Gasteiger partial charge in [0.1, 0.15) is 0 Å². The first-order valence-corrected chi connectivity index (χ1v) is 7.92. The van der Waals surface area contributed by atoms with Crippen molar-refractivity contribution in [2.24, 2.45) is 16.3 Å². The van der Waals surface area contributed by atoms with Gasteiger partial charge in [0.25, 0.3) is 0 Å². The summed E-state index contributed by atoms with van der Waals surface area (Å²) in [5.74, 6) is 0.730. The zero-order valence-electron chi connectivity index (χ0n) is 11.5. The third kappa shape index (κ3) is 3.64. The first-order chi connectivity index (χ1) is 8.09. The summed E-state index contributed by atoms with van der Waals surface area (Å²) in [5, 5.41) is 5.47. The van der Waals surface area contributed by atoms with Gasteiger partial charge in [0, 0.05) is 11.8 Å². The fourth-order valence-corrected chi connectivity index (χ4v) is 3.72. The Morgan fingerprint density at radius 3 is 2.65 bits per heavy atom. The van der Waals surface area contributed by atoms with E-state index in [9.17, 15) is 0 Å². The fraction of sp³-hybridized carbons (Fsp3) is 0.929. The van der Waals surface area contributed by atoms with Crippen LogP contribution >= 0.6 is 11.8 Å².